The molecule has 3 aromatic rings. The maximum Gasteiger partial charge on any atom is 0.303 e. The van der Waals surface area contributed by atoms with Crippen LogP contribution in [0.1, 0.15) is 72.3 Å². The van der Waals surface area contributed by atoms with Gasteiger partial charge in [-0.3, -0.25) is 4.79 Å². The highest BCUT2D eigenvalue weighted by atomic mass is 32.2. The van der Waals surface area contributed by atoms with E-state index in [1.807, 2.05) is 42.5 Å². The van der Waals surface area contributed by atoms with Crippen LogP contribution < -0.4 is 10.4 Å². The van der Waals surface area contributed by atoms with Crippen molar-refractivity contribution < 1.29 is 33.3 Å². The summed E-state index contributed by atoms with van der Waals surface area (Å²) in [4.78, 5) is 11.6. The lowest BCUT2D eigenvalue weighted by Gasteiger charge is -2.46. The highest BCUT2D eigenvalue weighted by Crippen LogP contribution is 2.49. The van der Waals surface area contributed by atoms with E-state index in [2.05, 4.69) is 94.6 Å². The van der Waals surface area contributed by atoms with Crippen LogP contribution in [-0.4, -0.2) is 74.3 Å². The molecule has 0 aromatic heterocycles. The maximum atomic E-state index is 12.1. The van der Waals surface area contributed by atoms with Gasteiger partial charge in [-0.1, -0.05) is 125 Å². The summed E-state index contributed by atoms with van der Waals surface area (Å²) in [6.45, 7) is 11.8. The van der Waals surface area contributed by atoms with Gasteiger partial charge in [0.15, 0.2) is 0 Å². The SMILES string of the molecule is CS[C@@]1(CCC(/C=C\C[C@@H](O)COCc2ccccc2)OC(C)=O)O[C@@H]2C[C@@H](CO[Si](c3ccccc3)(c3ccccc3)C(C)(C)C)O[C@@H]2C[C@H]1C. The Bertz CT molecular complexity index is 1510. The van der Waals surface area contributed by atoms with Crippen LogP contribution in [0.15, 0.2) is 103 Å². The molecule has 0 aliphatic carbocycles. The molecular weight excluding hydrogens is 689 g/mol. The van der Waals surface area contributed by atoms with Crippen molar-refractivity contribution in [1.29, 1.82) is 0 Å². The number of hydrogen-bond acceptors (Lipinski definition) is 8. The molecule has 0 bridgehead atoms. The van der Waals surface area contributed by atoms with Crippen LogP contribution in [-0.2, 0) is 34.8 Å². The van der Waals surface area contributed by atoms with Crippen LogP contribution in [0.4, 0.5) is 0 Å². The van der Waals surface area contributed by atoms with E-state index in [9.17, 15) is 9.90 Å². The number of benzene rings is 3. The fraction of sp³-hybridized carbons (Fsp3) is 0.512. The van der Waals surface area contributed by atoms with Crippen LogP contribution in [0.3, 0.4) is 0 Å². The topological polar surface area (TPSA) is 83.5 Å². The van der Waals surface area contributed by atoms with Gasteiger partial charge in [0, 0.05) is 13.3 Å². The molecule has 2 saturated heterocycles. The molecular formula is C43H58O7SSi. The first-order valence-corrected chi connectivity index (χ1v) is 21.9. The van der Waals surface area contributed by atoms with E-state index in [1.54, 1.807) is 11.8 Å². The third-order valence-electron chi connectivity index (χ3n) is 10.5. The highest BCUT2D eigenvalue weighted by molar-refractivity contribution is 7.99. The van der Waals surface area contributed by atoms with Gasteiger partial charge in [0.1, 0.15) is 11.0 Å². The zero-order valence-electron chi connectivity index (χ0n) is 31.7. The fourth-order valence-corrected chi connectivity index (χ4v) is 13.5. The van der Waals surface area contributed by atoms with Gasteiger partial charge in [0.25, 0.3) is 8.32 Å². The molecule has 2 aliphatic rings. The summed E-state index contributed by atoms with van der Waals surface area (Å²) < 4.78 is 32.4. The zero-order valence-corrected chi connectivity index (χ0v) is 33.6. The van der Waals surface area contributed by atoms with E-state index in [1.165, 1.54) is 17.3 Å². The first kappa shape index (κ1) is 40.4. The van der Waals surface area contributed by atoms with Crippen LogP contribution in [0.2, 0.25) is 5.04 Å². The van der Waals surface area contributed by atoms with Crippen molar-refractivity contribution in [2.75, 3.05) is 19.5 Å². The van der Waals surface area contributed by atoms with Crippen molar-refractivity contribution in [3.8, 4) is 0 Å². The third kappa shape index (κ3) is 10.1. The molecule has 5 rings (SSSR count). The molecule has 1 unspecified atom stereocenters. The van der Waals surface area contributed by atoms with Gasteiger partial charge in [-0.25, -0.2) is 0 Å². The lowest BCUT2D eigenvalue weighted by atomic mass is 9.87. The summed E-state index contributed by atoms with van der Waals surface area (Å²) in [6.07, 6.45) is 8.13. The fourth-order valence-electron chi connectivity index (χ4n) is 7.87. The van der Waals surface area contributed by atoms with Gasteiger partial charge < -0.3 is 28.5 Å². The van der Waals surface area contributed by atoms with Crippen molar-refractivity contribution in [3.05, 3.63) is 109 Å². The minimum atomic E-state index is -2.69. The predicted octanol–water partition coefficient (Wildman–Crippen LogP) is 7.44. The predicted molar refractivity (Wildman–Crippen MR) is 212 cm³/mol. The van der Waals surface area contributed by atoms with Gasteiger partial charge in [-0.2, -0.15) is 0 Å². The van der Waals surface area contributed by atoms with Crippen molar-refractivity contribution >= 4 is 36.4 Å². The van der Waals surface area contributed by atoms with Crippen molar-refractivity contribution in [2.24, 2.45) is 5.92 Å². The lowest BCUT2D eigenvalue weighted by molar-refractivity contribution is -0.152. The first-order chi connectivity index (χ1) is 25.0. The van der Waals surface area contributed by atoms with Crippen LogP contribution >= 0.6 is 11.8 Å². The highest BCUT2D eigenvalue weighted by Gasteiger charge is 2.53. The summed E-state index contributed by atoms with van der Waals surface area (Å²) in [5.74, 6) is -0.101. The van der Waals surface area contributed by atoms with E-state index < -0.39 is 25.5 Å². The van der Waals surface area contributed by atoms with E-state index >= 15 is 0 Å². The van der Waals surface area contributed by atoms with Gasteiger partial charge in [-0.15, -0.1) is 11.8 Å². The molecule has 282 valence electrons. The number of fused-ring (bicyclic) bond motifs is 1. The number of carbonyl (C=O) groups excluding carboxylic acids is 1. The number of hydrogen-bond donors (Lipinski definition) is 1. The normalized spacial score (nSPS) is 24.8. The van der Waals surface area contributed by atoms with Crippen LogP contribution in [0, 0.1) is 5.92 Å². The number of thioether (sulfide) groups is 1. The summed E-state index contributed by atoms with van der Waals surface area (Å²) in [7, 11) is -2.69. The van der Waals surface area contributed by atoms with Crippen LogP contribution in [0.5, 0.6) is 0 Å². The van der Waals surface area contributed by atoms with Crippen molar-refractivity contribution in [1.82, 2.24) is 0 Å². The average molecular weight is 747 g/mol. The number of esters is 1. The number of carbonyl (C=O) groups is 1. The molecule has 7 atom stereocenters. The molecule has 2 heterocycles. The number of rotatable bonds is 17. The Morgan fingerprint density at radius 2 is 1.60 bits per heavy atom. The summed E-state index contributed by atoms with van der Waals surface area (Å²) in [6, 6.07) is 31.4. The van der Waals surface area contributed by atoms with Gasteiger partial charge in [0.05, 0.1) is 44.2 Å². The van der Waals surface area contributed by atoms with Gasteiger partial charge in [-0.05, 0) is 64.9 Å². The van der Waals surface area contributed by atoms with Crippen molar-refractivity contribution in [2.45, 2.75) is 114 Å². The second-order valence-corrected chi connectivity index (χ2v) is 20.7. The Kier molecular flexibility index (Phi) is 14.4. The standard InChI is InChI=1S/C43H58O7SSi/c1-32-27-40-41(28-37(49-40)31-47-52(42(3,4)5,38-21-12-8-13-22-38)39-23-14-9-15-24-39)50-43(32,51-6)26-25-36(48-33(2)44)20-16-19-35(45)30-46-29-34-17-10-7-11-18-34/h7-18,20-24,32,35-37,40-41,45H,19,25-31H2,1-6H3/b20-16-/t32-,35-,36?,37+,40-,41-,43-/m1/s1. The van der Waals surface area contributed by atoms with E-state index in [0.717, 1.165) is 18.4 Å². The molecule has 0 radical (unpaired) electrons. The summed E-state index contributed by atoms with van der Waals surface area (Å²) >= 11 is 1.74. The average Bonchev–Trinajstić information content (AvgIpc) is 3.52. The second-order valence-electron chi connectivity index (χ2n) is 15.3. The monoisotopic (exact) mass is 746 g/mol. The van der Waals surface area contributed by atoms with Gasteiger partial charge in [0.2, 0.25) is 0 Å². The largest absolute Gasteiger partial charge is 0.458 e. The molecule has 3 aromatic carbocycles. The number of aliphatic hydroxyl groups is 1. The quantitative estimate of drug-likeness (QED) is 0.0868. The maximum absolute atomic E-state index is 12.1. The molecule has 7 nitrogen and oxygen atoms in total. The minimum absolute atomic E-state index is 0.0118. The van der Waals surface area contributed by atoms with Crippen molar-refractivity contribution in [3.63, 3.8) is 0 Å². The molecule has 0 saturated carbocycles. The van der Waals surface area contributed by atoms with Gasteiger partial charge >= 0.3 is 5.97 Å². The Labute approximate surface area is 316 Å². The minimum Gasteiger partial charge on any atom is -0.458 e. The first-order valence-electron chi connectivity index (χ1n) is 18.7. The lowest BCUT2D eigenvalue weighted by Crippen LogP contribution is -2.67. The van der Waals surface area contributed by atoms with E-state index in [-0.39, 0.29) is 41.8 Å². The van der Waals surface area contributed by atoms with Crippen LogP contribution in [0.25, 0.3) is 0 Å². The Hall–Kier alpha value is -2.76. The van der Waals surface area contributed by atoms with E-state index in [0.29, 0.717) is 32.5 Å². The molecule has 2 aliphatic heterocycles. The summed E-state index contributed by atoms with van der Waals surface area (Å²) in [5, 5.41) is 12.9. The molecule has 0 spiro atoms. The third-order valence-corrected chi connectivity index (χ3v) is 16.9. The molecule has 2 fully saturated rings. The summed E-state index contributed by atoms with van der Waals surface area (Å²) in [5.41, 5.74) is 1.07. The molecule has 1 N–H and O–H groups in total. The molecule has 0 amide bonds. The Balaban J connectivity index is 1.20. The molecule has 52 heavy (non-hydrogen) atoms. The Morgan fingerprint density at radius 3 is 2.17 bits per heavy atom. The molecule has 9 heteroatoms. The second kappa shape index (κ2) is 18.5. The smallest absolute Gasteiger partial charge is 0.303 e. The number of aliphatic hydroxyl groups excluding tert-OH is 1. The number of ether oxygens (including phenoxy) is 4. The zero-order chi connectivity index (χ0) is 37.2. The van der Waals surface area contributed by atoms with E-state index in [4.69, 9.17) is 23.4 Å². The Morgan fingerprint density at radius 1 is 0.981 bits per heavy atom.